The predicted molar refractivity (Wildman–Crippen MR) is 29.1 cm³/mol. The van der Waals surface area contributed by atoms with Crippen molar-refractivity contribution in [2.24, 2.45) is 14.1 Å². The van der Waals surface area contributed by atoms with Crippen LogP contribution in [0.15, 0.2) is 6.33 Å². The van der Waals surface area contributed by atoms with Crippen LogP contribution in [0.2, 0.25) is 0 Å². The standard InChI is InChI=1S/C5H10N3/c1-5-6-4-7(2)8(5)3/h4H,1-3H3/q+1. The van der Waals surface area contributed by atoms with E-state index in [1.807, 2.05) is 30.4 Å². The minimum absolute atomic E-state index is 1.03. The quantitative estimate of drug-likeness (QED) is 0.417. The summed E-state index contributed by atoms with van der Waals surface area (Å²) in [5, 5.41) is 0. The van der Waals surface area contributed by atoms with Crippen molar-refractivity contribution >= 4 is 0 Å². The number of aryl methyl sites for hydroxylation is 2. The molecular formula is C5H10N3+. The molecule has 0 aliphatic rings. The molecule has 8 heavy (non-hydrogen) atoms. The van der Waals surface area contributed by atoms with Gasteiger partial charge in [-0.3, -0.25) is 0 Å². The summed E-state index contributed by atoms with van der Waals surface area (Å²) in [7, 11) is 3.93. The van der Waals surface area contributed by atoms with Crippen LogP contribution in [-0.2, 0) is 14.1 Å². The highest BCUT2D eigenvalue weighted by molar-refractivity contribution is 4.70. The normalized spacial score (nSPS) is 9.88. The van der Waals surface area contributed by atoms with Gasteiger partial charge in [0, 0.05) is 6.92 Å². The zero-order chi connectivity index (χ0) is 6.15. The molecule has 44 valence electrons. The smallest absolute Gasteiger partial charge is 0.182 e. The lowest BCUT2D eigenvalue weighted by molar-refractivity contribution is -0.752. The second-order valence-corrected chi connectivity index (χ2v) is 1.89. The molecule has 1 aromatic heterocycles. The van der Waals surface area contributed by atoms with Gasteiger partial charge in [-0.1, -0.05) is 0 Å². The lowest BCUT2D eigenvalue weighted by Gasteiger charge is -1.87. The van der Waals surface area contributed by atoms with Crippen LogP contribution >= 0.6 is 0 Å². The van der Waals surface area contributed by atoms with E-state index in [4.69, 9.17) is 0 Å². The molecule has 0 atom stereocenters. The van der Waals surface area contributed by atoms with E-state index in [2.05, 4.69) is 4.98 Å². The summed E-state index contributed by atoms with van der Waals surface area (Å²) >= 11 is 0. The fourth-order valence-electron chi connectivity index (χ4n) is 0.556. The molecule has 0 bridgehead atoms. The van der Waals surface area contributed by atoms with E-state index < -0.39 is 0 Å². The fourth-order valence-corrected chi connectivity index (χ4v) is 0.556. The molecule has 0 radical (unpaired) electrons. The molecule has 1 heterocycles. The second kappa shape index (κ2) is 1.58. The molecule has 1 rings (SSSR count). The van der Waals surface area contributed by atoms with E-state index in [0.717, 1.165) is 5.82 Å². The average Bonchev–Trinajstić information content (AvgIpc) is 1.98. The maximum Gasteiger partial charge on any atom is 0.306 e. The van der Waals surface area contributed by atoms with Gasteiger partial charge in [-0.25, -0.2) is 0 Å². The summed E-state index contributed by atoms with van der Waals surface area (Å²) in [5.41, 5.74) is 0. The Kier molecular flexibility index (Phi) is 1.04. The molecule has 3 heteroatoms. The van der Waals surface area contributed by atoms with Gasteiger partial charge in [-0.05, 0) is 4.98 Å². The van der Waals surface area contributed by atoms with Crippen molar-refractivity contribution in [1.29, 1.82) is 0 Å². The number of hydrogen-bond donors (Lipinski definition) is 0. The van der Waals surface area contributed by atoms with Crippen LogP contribution in [0.25, 0.3) is 0 Å². The van der Waals surface area contributed by atoms with Gasteiger partial charge < -0.3 is 0 Å². The Morgan fingerprint density at radius 2 is 2.38 bits per heavy atom. The summed E-state index contributed by atoms with van der Waals surface area (Å²) in [6.45, 7) is 1.97. The van der Waals surface area contributed by atoms with Gasteiger partial charge in [0.15, 0.2) is 0 Å². The van der Waals surface area contributed by atoms with Crippen molar-refractivity contribution in [3.05, 3.63) is 12.2 Å². The number of nitrogens with zero attached hydrogens (tertiary/aromatic N) is 3. The van der Waals surface area contributed by atoms with Crippen molar-refractivity contribution in [3.63, 3.8) is 0 Å². The Morgan fingerprint density at radius 3 is 2.50 bits per heavy atom. The van der Waals surface area contributed by atoms with Gasteiger partial charge in [0.25, 0.3) is 5.82 Å². The monoisotopic (exact) mass is 112 g/mol. The second-order valence-electron chi connectivity index (χ2n) is 1.89. The van der Waals surface area contributed by atoms with Crippen molar-refractivity contribution in [3.8, 4) is 0 Å². The fraction of sp³-hybridized carbons (Fsp3) is 0.600. The molecule has 0 aliphatic carbocycles. The van der Waals surface area contributed by atoms with Crippen molar-refractivity contribution in [1.82, 2.24) is 9.67 Å². The Morgan fingerprint density at radius 1 is 1.75 bits per heavy atom. The Labute approximate surface area is 48.6 Å². The average molecular weight is 112 g/mol. The molecule has 0 aliphatic heterocycles. The summed E-state index contributed by atoms with van der Waals surface area (Å²) < 4.78 is 3.90. The molecule has 0 aromatic carbocycles. The molecule has 0 fully saturated rings. The van der Waals surface area contributed by atoms with Crippen LogP contribution in [0.3, 0.4) is 0 Å². The lowest BCUT2D eigenvalue weighted by atomic mass is 10.7. The molecular weight excluding hydrogens is 102 g/mol. The first-order valence-corrected chi connectivity index (χ1v) is 2.56. The Balaban J connectivity index is 3.19. The highest BCUT2D eigenvalue weighted by atomic mass is 15.4. The molecule has 0 spiro atoms. The molecule has 0 amide bonds. The minimum atomic E-state index is 1.03. The molecule has 0 N–H and O–H groups in total. The van der Waals surface area contributed by atoms with Crippen LogP contribution in [-0.4, -0.2) is 9.67 Å². The first kappa shape index (κ1) is 5.28. The SMILES string of the molecule is Cc1nc[n+](C)n1C. The van der Waals surface area contributed by atoms with Crippen molar-refractivity contribution < 1.29 is 4.68 Å². The van der Waals surface area contributed by atoms with E-state index >= 15 is 0 Å². The highest BCUT2D eigenvalue weighted by Gasteiger charge is 2.01. The third kappa shape index (κ3) is 0.598. The van der Waals surface area contributed by atoms with Crippen molar-refractivity contribution in [2.75, 3.05) is 0 Å². The van der Waals surface area contributed by atoms with E-state index in [1.165, 1.54) is 0 Å². The van der Waals surface area contributed by atoms with Gasteiger partial charge >= 0.3 is 6.33 Å². The maximum atomic E-state index is 4.04. The van der Waals surface area contributed by atoms with E-state index in [0.29, 0.717) is 0 Å². The van der Waals surface area contributed by atoms with Gasteiger partial charge in [-0.15, -0.1) is 0 Å². The van der Waals surface area contributed by atoms with E-state index in [1.54, 1.807) is 6.33 Å². The largest absolute Gasteiger partial charge is 0.306 e. The van der Waals surface area contributed by atoms with Crippen LogP contribution in [0, 0.1) is 6.92 Å². The zero-order valence-electron chi connectivity index (χ0n) is 5.42. The first-order valence-electron chi connectivity index (χ1n) is 2.56. The highest BCUT2D eigenvalue weighted by Crippen LogP contribution is 1.79. The topological polar surface area (TPSA) is 21.7 Å². The third-order valence-electron chi connectivity index (χ3n) is 1.35. The Hall–Kier alpha value is -0.860. The molecule has 0 unspecified atom stereocenters. The first-order chi connectivity index (χ1) is 3.72. The summed E-state index contributed by atoms with van der Waals surface area (Å²) in [6, 6.07) is 0. The Bertz CT molecular complexity index is 170. The van der Waals surface area contributed by atoms with E-state index in [9.17, 15) is 0 Å². The summed E-state index contributed by atoms with van der Waals surface area (Å²) in [6.07, 6.45) is 1.79. The molecule has 0 saturated heterocycles. The molecule has 0 saturated carbocycles. The summed E-state index contributed by atoms with van der Waals surface area (Å²) in [4.78, 5) is 4.04. The van der Waals surface area contributed by atoms with Gasteiger partial charge in [-0.2, -0.15) is 9.36 Å². The van der Waals surface area contributed by atoms with Crippen LogP contribution in [0.1, 0.15) is 5.82 Å². The predicted octanol–water partition coefficient (Wildman–Crippen LogP) is -0.447. The maximum absolute atomic E-state index is 4.04. The number of hydrogen-bond acceptors (Lipinski definition) is 1. The molecule has 3 nitrogen and oxygen atoms in total. The van der Waals surface area contributed by atoms with E-state index in [-0.39, 0.29) is 0 Å². The zero-order valence-corrected chi connectivity index (χ0v) is 5.42. The van der Waals surface area contributed by atoms with Crippen LogP contribution < -0.4 is 4.68 Å². The summed E-state index contributed by atoms with van der Waals surface area (Å²) in [5.74, 6) is 1.03. The van der Waals surface area contributed by atoms with Crippen LogP contribution in [0.5, 0.6) is 0 Å². The molecule has 1 aromatic rings. The van der Waals surface area contributed by atoms with Gasteiger partial charge in [0.2, 0.25) is 0 Å². The van der Waals surface area contributed by atoms with Crippen molar-refractivity contribution in [2.45, 2.75) is 6.92 Å². The third-order valence-corrected chi connectivity index (χ3v) is 1.35. The van der Waals surface area contributed by atoms with Gasteiger partial charge in [0.05, 0.1) is 7.05 Å². The van der Waals surface area contributed by atoms with Crippen LogP contribution in [0.4, 0.5) is 0 Å². The van der Waals surface area contributed by atoms with Gasteiger partial charge in [0.1, 0.15) is 7.05 Å². The minimum Gasteiger partial charge on any atom is -0.182 e. The lowest BCUT2D eigenvalue weighted by Crippen LogP contribution is -2.36. The number of rotatable bonds is 0. The number of aromatic nitrogens is 3.